The summed E-state index contributed by atoms with van der Waals surface area (Å²) in [4.78, 5) is 0. The molecule has 0 bridgehead atoms. The van der Waals surface area contributed by atoms with Gasteiger partial charge in [0.15, 0.2) is 5.69 Å². The summed E-state index contributed by atoms with van der Waals surface area (Å²) in [6.45, 7) is 6.74. The van der Waals surface area contributed by atoms with Gasteiger partial charge in [-0.25, -0.2) is 0 Å². The van der Waals surface area contributed by atoms with E-state index in [-0.39, 0.29) is 0 Å². The van der Waals surface area contributed by atoms with Crippen LogP contribution >= 0.6 is 0 Å². The molecule has 0 radical (unpaired) electrons. The molecule has 0 aliphatic carbocycles. The van der Waals surface area contributed by atoms with Gasteiger partial charge in [0, 0.05) is 17.8 Å². The first-order chi connectivity index (χ1) is 5.20. The van der Waals surface area contributed by atoms with Gasteiger partial charge < -0.3 is 0 Å². The molecule has 0 saturated heterocycles. The molecule has 1 aromatic heterocycles. The zero-order valence-corrected chi connectivity index (χ0v) is 7.05. The van der Waals surface area contributed by atoms with Crippen LogP contribution in [-0.2, 0) is 6.54 Å². The van der Waals surface area contributed by atoms with Gasteiger partial charge in [-0.05, 0) is 20.8 Å². The quantitative estimate of drug-likeness (QED) is 0.605. The molecule has 0 saturated carbocycles. The van der Waals surface area contributed by atoms with Crippen LogP contribution in [0.4, 0.5) is 0 Å². The highest BCUT2D eigenvalue weighted by Gasteiger charge is 2.07. The van der Waals surface area contributed by atoms with Crippen LogP contribution in [0.15, 0.2) is 0 Å². The van der Waals surface area contributed by atoms with Gasteiger partial charge in [0.25, 0.3) is 0 Å². The van der Waals surface area contributed by atoms with E-state index in [2.05, 4.69) is 11.2 Å². The van der Waals surface area contributed by atoms with Crippen LogP contribution in [0.1, 0.15) is 23.9 Å². The van der Waals surface area contributed by atoms with Crippen LogP contribution in [-0.4, -0.2) is 9.78 Å². The van der Waals surface area contributed by atoms with Crippen molar-refractivity contribution in [2.24, 2.45) is 0 Å². The number of hydrogen-bond acceptors (Lipinski definition) is 2. The van der Waals surface area contributed by atoms with Crippen molar-refractivity contribution in [3.63, 3.8) is 0 Å². The molecular formula is C8H11N3. The second-order valence-corrected chi connectivity index (χ2v) is 2.49. The van der Waals surface area contributed by atoms with Gasteiger partial charge in [0.1, 0.15) is 6.07 Å². The minimum Gasteiger partial charge on any atom is -0.269 e. The Morgan fingerprint density at radius 1 is 1.55 bits per heavy atom. The summed E-state index contributed by atoms with van der Waals surface area (Å²) in [5, 5.41) is 12.7. The lowest BCUT2D eigenvalue weighted by Crippen LogP contribution is -1.98. The fourth-order valence-corrected chi connectivity index (χ4v) is 1.05. The Labute approximate surface area is 66.3 Å². The average Bonchev–Trinajstić information content (AvgIpc) is 2.30. The van der Waals surface area contributed by atoms with Crippen LogP contribution < -0.4 is 0 Å². The number of rotatable bonds is 1. The molecule has 1 aromatic rings. The summed E-state index contributed by atoms with van der Waals surface area (Å²) < 4.78 is 1.84. The maximum atomic E-state index is 8.63. The number of nitriles is 1. The van der Waals surface area contributed by atoms with Crippen molar-refractivity contribution in [3.05, 3.63) is 17.0 Å². The molecule has 0 fully saturated rings. The van der Waals surface area contributed by atoms with E-state index < -0.39 is 0 Å². The smallest absolute Gasteiger partial charge is 0.165 e. The van der Waals surface area contributed by atoms with Crippen LogP contribution in [0.25, 0.3) is 0 Å². The lowest BCUT2D eigenvalue weighted by Gasteiger charge is -1.96. The Bertz CT molecular complexity index is 304. The Kier molecular flexibility index (Phi) is 1.95. The first-order valence-corrected chi connectivity index (χ1v) is 3.64. The first-order valence-electron chi connectivity index (χ1n) is 3.64. The lowest BCUT2D eigenvalue weighted by atomic mass is 10.2. The lowest BCUT2D eigenvalue weighted by molar-refractivity contribution is 0.637. The van der Waals surface area contributed by atoms with Gasteiger partial charge in [-0.15, -0.1) is 0 Å². The second-order valence-electron chi connectivity index (χ2n) is 2.49. The summed E-state index contributed by atoms with van der Waals surface area (Å²) in [7, 11) is 0. The number of aromatic nitrogens is 2. The molecule has 3 heteroatoms. The van der Waals surface area contributed by atoms with Gasteiger partial charge in [0.2, 0.25) is 0 Å². The fourth-order valence-electron chi connectivity index (χ4n) is 1.05. The predicted octanol–water partition coefficient (Wildman–Crippen LogP) is 1.39. The molecule has 1 heterocycles. The minimum absolute atomic E-state index is 0.546. The standard InChI is InChI=1S/C8H11N3/c1-4-11-7(3)6(2)8(5-9)10-11/h4H2,1-3H3. The normalized spacial score (nSPS) is 9.64. The van der Waals surface area contributed by atoms with E-state index in [4.69, 9.17) is 5.26 Å². The first kappa shape index (κ1) is 7.80. The number of aryl methyl sites for hydroxylation is 1. The SMILES string of the molecule is CCn1nc(C#N)c(C)c1C. The monoisotopic (exact) mass is 149 g/mol. The maximum Gasteiger partial charge on any atom is 0.165 e. The summed E-state index contributed by atoms with van der Waals surface area (Å²) in [5.41, 5.74) is 2.63. The molecule has 0 N–H and O–H groups in total. The highest BCUT2D eigenvalue weighted by atomic mass is 15.3. The van der Waals surface area contributed by atoms with E-state index in [0.717, 1.165) is 17.8 Å². The van der Waals surface area contributed by atoms with Crippen molar-refractivity contribution in [2.45, 2.75) is 27.3 Å². The molecule has 0 aliphatic heterocycles. The number of nitrogens with zero attached hydrogens (tertiary/aromatic N) is 3. The summed E-state index contributed by atoms with van der Waals surface area (Å²) in [5.74, 6) is 0. The van der Waals surface area contributed by atoms with E-state index in [0.29, 0.717) is 5.69 Å². The molecule has 0 aliphatic rings. The van der Waals surface area contributed by atoms with E-state index >= 15 is 0 Å². The highest BCUT2D eigenvalue weighted by Crippen LogP contribution is 2.10. The zero-order chi connectivity index (χ0) is 8.43. The van der Waals surface area contributed by atoms with Crippen LogP contribution in [0, 0.1) is 25.2 Å². The van der Waals surface area contributed by atoms with E-state index in [9.17, 15) is 0 Å². The van der Waals surface area contributed by atoms with E-state index in [1.165, 1.54) is 0 Å². The molecule has 0 amide bonds. The Hall–Kier alpha value is -1.30. The second kappa shape index (κ2) is 2.75. The van der Waals surface area contributed by atoms with Gasteiger partial charge in [-0.3, -0.25) is 4.68 Å². The van der Waals surface area contributed by atoms with Crippen molar-refractivity contribution < 1.29 is 0 Å². The number of hydrogen-bond donors (Lipinski definition) is 0. The fraction of sp³-hybridized carbons (Fsp3) is 0.500. The molecule has 11 heavy (non-hydrogen) atoms. The molecule has 0 aromatic carbocycles. The maximum absolute atomic E-state index is 8.63. The Balaban J connectivity index is 3.26. The molecule has 58 valence electrons. The van der Waals surface area contributed by atoms with Gasteiger partial charge in [-0.2, -0.15) is 10.4 Å². The largest absolute Gasteiger partial charge is 0.269 e. The van der Waals surface area contributed by atoms with Crippen LogP contribution in [0.3, 0.4) is 0 Å². The molecule has 1 rings (SSSR count). The Morgan fingerprint density at radius 2 is 2.18 bits per heavy atom. The van der Waals surface area contributed by atoms with Gasteiger partial charge in [0.05, 0.1) is 0 Å². The predicted molar refractivity (Wildman–Crippen MR) is 42.1 cm³/mol. The minimum atomic E-state index is 0.546. The van der Waals surface area contributed by atoms with Crippen LogP contribution in [0.2, 0.25) is 0 Å². The highest BCUT2D eigenvalue weighted by molar-refractivity contribution is 5.32. The van der Waals surface area contributed by atoms with Gasteiger partial charge >= 0.3 is 0 Å². The zero-order valence-electron chi connectivity index (χ0n) is 7.05. The van der Waals surface area contributed by atoms with Crippen molar-refractivity contribution >= 4 is 0 Å². The third-order valence-electron chi connectivity index (χ3n) is 1.91. The topological polar surface area (TPSA) is 41.6 Å². The molecule has 3 nitrogen and oxygen atoms in total. The third kappa shape index (κ3) is 1.12. The van der Waals surface area contributed by atoms with E-state index in [1.54, 1.807) is 0 Å². The average molecular weight is 149 g/mol. The van der Waals surface area contributed by atoms with Crippen molar-refractivity contribution in [1.29, 1.82) is 5.26 Å². The molecular weight excluding hydrogens is 138 g/mol. The summed E-state index contributed by atoms with van der Waals surface area (Å²) in [6.07, 6.45) is 0. The molecule has 0 spiro atoms. The van der Waals surface area contributed by atoms with Crippen molar-refractivity contribution in [1.82, 2.24) is 9.78 Å². The van der Waals surface area contributed by atoms with Gasteiger partial charge in [-0.1, -0.05) is 0 Å². The van der Waals surface area contributed by atoms with Crippen molar-refractivity contribution in [2.75, 3.05) is 0 Å². The Morgan fingerprint density at radius 3 is 2.45 bits per heavy atom. The summed E-state index contributed by atoms with van der Waals surface area (Å²) in [6, 6.07) is 2.06. The molecule has 0 unspecified atom stereocenters. The van der Waals surface area contributed by atoms with Crippen LogP contribution in [0.5, 0.6) is 0 Å². The van der Waals surface area contributed by atoms with Crippen molar-refractivity contribution in [3.8, 4) is 6.07 Å². The molecule has 0 atom stereocenters. The van der Waals surface area contributed by atoms with E-state index in [1.807, 2.05) is 25.5 Å². The summed E-state index contributed by atoms with van der Waals surface area (Å²) >= 11 is 0. The third-order valence-corrected chi connectivity index (χ3v) is 1.91.